The minimum atomic E-state index is -4.61. The normalized spacial score (nSPS) is 14.4. The van der Waals surface area contributed by atoms with E-state index in [-0.39, 0.29) is 19.1 Å². The van der Waals surface area contributed by atoms with E-state index in [1.165, 1.54) is 180 Å². The van der Waals surface area contributed by atoms with Gasteiger partial charge in [-0.1, -0.05) is 309 Å². The number of nitrogens with zero attached hydrogens (tertiary/aromatic N) is 1. The molecule has 0 aliphatic heterocycles. The number of aliphatic hydroxyl groups excluding tert-OH is 1. The third-order valence-electron chi connectivity index (χ3n) is 14.7. The molecule has 2 N–H and O–H groups in total. The van der Waals surface area contributed by atoms with Crippen molar-refractivity contribution < 1.29 is 32.9 Å². The van der Waals surface area contributed by atoms with E-state index >= 15 is 0 Å². The maximum absolute atomic E-state index is 13.0. The van der Waals surface area contributed by atoms with Crippen LogP contribution in [0.2, 0.25) is 0 Å². The van der Waals surface area contributed by atoms with Crippen LogP contribution in [0.5, 0.6) is 0 Å². The van der Waals surface area contributed by atoms with Gasteiger partial charge in [-0.05, 0) is 83.5 Å². The molecule has 9 heteroatoms. The van der Waals surface area contributed by atoms with E-state index in [0.717, 1.165) is 89.9 Å². The monoisotopic (exact) mass is 1150 g/mol. The lowest BCUT2D eigenvalue weighted by Crippen LogP contribution is -2.45. The molecule has 1 amide bonds. The van der Waals surface area contributed by atoms with Crippen LogP contribution in [0.3, 0.4) is 0 Å². The molecule has 0 aromatic carbocycles. The van der Waals surface area contributed by atoms with Crippen molar-refractivity contribution in [2.24, 2.45) is 0 Å². The summed E-state index contributed by atoms with van der Waals surface area (Å²) in [6.45, 7) is 4.55. The van der Waals surface area contributed by atoms with Gasteiger partial charge in [-0.2, -0.15) is 0 Å². The number of carbonyl (C=O) groups excluding carboxylic acids is 1. The van der Waals surface area contributed by atoms with Crippen LogP contribution in [0.25, 0.3) is 0 Å². The van der Waals surface area contributed by atoms with E-state index < -0.39 is 20.0 Å². The van der Waals surface area contributed by atoms with Gasteiger partial charge in [0.05, 0.1) is 39.9 Å². The molecule has 0 rings (SSSR count). The molecule has 0 heterocycles. The van der Waals surface area contributed by atoms with E-state index in [4.69, 9.17) is 9.05 Å². The number of quaternary nitrogens is 1. The van der Waals surface area contributed by atoms with Gasteiger partial charge < -0.3 is 28.8 Å². The van der Waals surface area contributed by atoms with Crippen LogP contribution in [0.1, 0.15) is 290 Å². The van der Waals surface area contributed by atoms with Crippen molar-refractivity contribution in [3.63, 3.8) is 0 Å². The van der Waals surface area contributed by atoms with Crippen LogP contribution in [0.4, 0.5) is 0 Å². The summed E-state index contributed by atoms with van der Waals surface area (Å²) in [6, 6.07) is -0.893. The molecule has 81 heavy (non-hydrogen) atoms. The average Bonchev–Trinajstić information content (AvgIpc) is 3.43. The highest BCUT2D eigenvalue weighted by molar-refractivity contribution is 7.45. The molecule has 0 radical (unpaired) electrons. The molecule has 0 aromatic rings. The van der Waals surface area contributed by atoms with Crippen LogP contribution in [0.15, 0.2) is 109 Å². The summed E-state index contributed by atoms with van der Waals surface area (Å²) < 4.78 is 23.4. The molecule has 3 atom stereocenters. The van der Waals surface area contributed by atoms with Gasteiger partial charge in [-0.15, -0.1) is 0 Å². The molecule has 0 spiro atoms. The van der Waals surface area contributed by atoms with Gasteiger partial charge in [0.1, 0.15) is 13.2 Å². The highest BCUT2D eigenvalue weighted by Gasteiger charge is 2.23. The van der Waals surface area contributed by atoms with Crippen LogP contribution < -0.4 is 10.2 Å². The molecule has 0 bridgehead atoms. The molecule has 0 saturated heterocycles. The number of phosphoric acid groups is 1. The number of allylic oxidation sites excluding steroid dienone is 17. The van der Waals surface area contributed by atoms with Gasteiger partial charge in [0.25, 0.3) is 7.82 Å². The van der Waals surface area contributed by atoms with Crippen molar-refractivity contribution in [1.82, 2.24) is 5.32 Å². The molecule has 0 saturated carbocycles. The van der Waals surface area contributed by atoms with E-state index in [0.29, 0.717) is 17.4 Å². The lowest BCUT2D eigenvalue weighted by atomic mass is 10.0. The Balaban J connectivity index is 4.07. The minimum Gasteiger partial charge on any atom is -0.756 e. The molecule has 0 fully saturated rings. The second kappa shape index (κ2) is 61.7. The Hall–Kier alpha value is -2.84. The largest absolute Gasteiger partial charge is 0.756 e. The van der Waals surface area contributed by atoms with Crippen molar-refractivity contribution in [1.29, 1.82) is 0 Å². The second-order valence-electron chi connectivity index (χ2n) is 23.8. The standard InChI is InChI=1S/C72H129N2O6P/c1-6-8-10-12-14-16-18-20-22-24-26-28-29-30-31-32-33-34-35-36-37-38-39-40-41-42-43-44-45-46-48-50-52-54-56-58-60-62-64-66-72(76)73-70(69-80-81(77,78)79-68-67-74(3,4)5)71(75)65-63-61-59-57-55-53-51-49-47-27-25-23-21-19-17-15-13-11-9-7-2/h8,10,14,16,20,22,26,28,30-31,33-34,36-37,39-40,63,65,70-71,75H,6-7,9,11-13,15,17-19,21,23-25,27,29,32,35,38,41-62,64,66-69H2,1-5H3,(H-,73,76,77,78)/b10-8-,16-14-,22-20-,28-26-,31-30-,34-33-,37-36-,40-39-,65-63+. The van der Waals surface area contributed by atoms with E-state index in [1.54, 1.807) is 6.08 Å². The minimum absolute atomic E-state index is 0.00401. The second-order valence-corrected chi connectivity index (χ2v) is 25.2. The molecule has 0 aliphatic carbocycles. The molecule has 0 aromatic heterocycles. The fourth-order valence-corrected chi connectivity index (χ4v) is 10.2. The van der Waals surface area contributed by atoms with Crippen molar-refractivity contribution >= 4 is 13.7 Å². The number of aliphatic hydroxyl groups is 1. The molecule has 3 unspecified atom stereocenters. The number of carbonyl (C=O) groups is 1. The molecule has 0 aliphatic rings. The number of rotatable bonds is 61. The molecular weight excluding hydrogens is 1020 g/mol. The van der Waals surface area contributed by atoms with E-state index in [1.807, 2.05) is 27.2 Å². The summed E-state index contributed by atoms with van der Waals surface area (Å²) in [5, 5.41) is 13.9. The number of likely N-dealkylation sites (N-methyl/N-ethyl adjacent to an activating group) is 1. The third kappa shape index (κ3) is 64.6. The van der Waals surface area contributed by atoms with E-state index in [2.05, 4.69) is 116 Å². The molecular formula is C72H129N2O6P. The van der Waals surface area contributed by atoms with Gasteiger partial charge >= 0.3 is 0 Å². The fourth-order valence-electron chi connectivity index (χ4n) is 9.52. The lowest BCUT2D eigenvalue weighted by molar-refractivity contribution is -0.870. The lowest BCUT2D eigenvalue weighted by Gasteiger charge is -2.29. The third-order valence-corrected chi connectivity index (χ3v) is 15.7. The topological polar surface area (TPSA) is 108 Å². The number of hydrogen-bond donors (Lipinski definition) is 2. The van der Waals surface area contributed by atoms with E-state index in [9.17, 15) is 19.4 Å². The van der Waals surface area contributed by atoms with Crippen molar-refractivity contribution in [3.8, 4) is 0 Å². The van der Waals surface area contributed by atoms with Crippen molar-refractivity contribution in [2.75, 3.05) is 40.9 Å². The van der Waals surface area contributed by atoms with Gasteiger partial charge in [0, 0.05) is 6.42 Å². The smallest absolute Gasteiger partial charge is 0.268 e. The van der Waals surface area contributed by atoms with Crippen molar-refractivity contribution in [2.45, 2.75) is 302 Å². The summed E-state index contributed by atoms with van der Waals surface area (Å²) in [6.07, 6.45) is 90.5. The van der Waals surface area contributed by atoms with Gasteiger partial charge in [-0.25, -0.2) is 0 Å². The summed E-state index contributed by atoms with van der Waals surface area (Å²) in [7, 11) is 1.26. The Morgan fingerprint density at radius 3 is 1.10 bits per heavy atom. The number of unbranched alkanes of at least 4 members (excludes halogenated alkanes) is 32. The average molecular weight is 1150 g/mol. The summed E-state index contributed by atoms with van der Waals surface area (Å²) in [5.41, 5.74) is 0. The maximum atomic E-state index is 13.0. The Bertz CT molecular complexity index is 1690. The van der Waals surface area contributed by atoms with Crippen LogP contribution in [0, 0.1) is 0 Å². The number of hydrogen-bond acceptors (Lipinski definition) is 6. The first kappa shape index (κ1) is 78.2. The summed E-state index contributed by atoms with van der Waals surface area (Å²) >= 11 is 0. The predicted octanol–water partition coefficient (Wildman–Crippen LogP) is 20.9. The SMILES string of the molecule is CC/C=C\C/C=C\C/C=C\C/C=C\C/C=C\C/C=C\C/C=C\C/C=C\CCCCCCCCCCCCCCCCC(=O)NC(COP(=O)([O-])OCC[N+](C)(C)C)C(O)/C=C/CCCCCCCCCCCCCCCCCCCC. The zero-order valence-electron chi connectivity index (χ0n) is 53.5. The number of phosphoric ester groups is 1. The first-order chi connectivity index (χ1) is 39.5. The van der Waals surface area contributed by atoms with Crippen molar-refractivity contribution in [3.05, 3.63) is 109 Å². The quantitative estimate of drug-likeness (QED) is 0.0272. The maximum Gasteiger partial charge on any atom is 0.268 e. The van der Waals surface area contributed by atoms with Crippen LogP contribution in [-0.2, 0) is 18.4 Å². The predicted molar refractivity (Wildman–Crippen MR) is 352 cm³/mol. The molecule has 8 nitrogen and oxygen atoms in total. The highest BCUT2D eigenvalue weighted by Crippen LogP contribution is 2.38. The first-order valence-electron chi connectivity index (χ1n) is 33.7. The zero-order valence-corrected chi connectivity index (χ0v) is 54.4. The Morgan fingerprint density at radius 2 is 0.753 bits per heavy atom. The van der Waals surface area contributed by atoms with Gasteiger partial charge in [0.2, 0.25) is 5.91 Å². The fraction of sp³-hybridized carbons (Fsp3) is 0.736. The summed E-state index contributed by atoms with van der Waals surface area (Å²) in [5.74, 6) is -0.199. The van der Waals surface area contributed by atoms with Crippen LogP contribution >= 0.6 is 7.82 Å². The van der Waals surface area contributed by atoms with Crippen LogP contribution in [-0.4, -0.2) is 68.5 Å². The first-order valence-corrected chi connectivity index (χ1v) is 35.2. The van der Waals surface area contributed by atoms with Gasteiger partial charge in [-0.3, -0.25) is 9.36 Å². The molecule has 468 valence electrons. The zero-order chi connectivity index (χ0) is 59.1. The Labute approximate surface area is 501 Å². The highest BCUT2D eigenvalue weighted by atomic mass is 31.2. The van der Waals surface area contributed by atoms with Gasteiger partial charge in [0.15, 0.2) is 0 Å². The Kier molecular flexibility index (Phi) is 59.5. The number of nitrogens with one attached hydrogen (secondary N) is 1. The number of amides is 1. The summed E-state index contributed by atoms with van der Waals surface area (Å²) in [4.78, 5) is 25.6. The Morgan fingerprint density at radius 1 is 0.444 bits per heavy atom.